The minimum atomic E-state index is -0.613. The summed E-state index contributed by atoms with van der Waals surface area (Å²) >= 11 is 6.79. The van der Waals surface area contributed by atoms with E-state index in [0.29, 0.717) is 20.5 Å². The van der Waals surface area contributed by atoms with Crippen LogP contribution in [0.3, 0.4) is 0 Å². The van der Waals surface area contributed by atoms with Crippen LogP contribution in [-0.4, -0.2) is 31.6 Å². The molecule has 1 N–H and O–H groups in total. The number of hydrogen-bond acceptors (Lipinski definition) is 6. The fourth-order valence-corrected chi connectivity index (χ4v) is 2.57. The first-order chi connectivity index (χ1) is 11.0. The third-order valence-electron chi connectivity index (χ3n) is 2.70. The minimum absolute atomic E-state index is 0.324. The maximum Gasteiger partial charge on any atom is 0.348 e. The molecule has 0 unspecified atom stereocenters. The van der Waals surface area contributed by atoms with E-state index < -0.39 is 24.5 Å². The zero-order valence-electron chi connectivity index (χ0n) is 12.0. The molecule has 0 spiro atoms. The number of methoxy groups -OCH3 is 1. The van der Waals surface area contributed by atoms with Crippen LogP contribution < -0.4 is 5.32 Å². The highest BCUT2D eigenvalue weighted by Crippen LogP contribution is 2.22. The minimum Gasteiger partial charge on any atom is -0.465 e. The van der Waals surface area contributed by atoms with Crippen LogP contribution in [0.25, 0.3) is 0 Å². The van der Waals surface area contributed by atoms with Crippen molar-refractivity contribution < 1.29 is 23.9 Å². The number of nitrogens with one attached hydrogen (secondary N) is 1. The van der Waals surface area contributed by atoms with Gasteiger partial charge in [0.05, 0.1) is 17.0 Å². The SMILES string of the molecule is COC(=O)c1ccc(NC(=O)COC(=O)c2ccc(Cl)s2)cc1. The van der Waals surface area contributed by atoms with Gasteiger partial charge in [-0.3, -0.25) is 4.79 Å². The van der Waals surface area contributed by atoms with Gasteiger partial charge in [-0.15, -0.1) is 11.3 Å². The maximum absolute atomic E-state index is 11.7. The molecular weight excluding hydrogens is 342 g/mol. The summed E-state index contributed by atoms with van der Waals surface area (Å²) in [6.07, 6.45) is 0. The number of carbonyl (C=O) groups is 3. The fourth-order valence-electron chi connectivity index (χ4n) is 1.63. The van der Waals surface area contributed by atoms with Crippen molar-refractivity contribution in [3.05, 3.63) is 51.2 Å². The number of hydrogen-bond donors (Lipinski definition) is 1. The number of halogens is 1. The fraction of sp³-hybridized carbons (Fsp3) is 0.133. The van der Waals surface area contributed by atoms with E-state index in [-0.39, 0.29) is 0 Å². The van der Waals surface area contributed by atoms with Gasteiger partial charge < -0.3 is 14.8 Å². The number of amides is 1. The Kier molecular flexibility index (Phi) is 5.72. The van der Waals surface area contributed by atoms with Crippen LogP contribution in [0.1, 0.15) is 20.0 Å². The van der Waals surface area contributed by atoms with E-state index >= 15 is 0 Å². The average Bonchev–Trinajstić information content (AvgIpc) is 2.99. The highest BCUT2D eigenvalue weighted by molar-refractivity contribution is 7.17. The molecule has 0 aliphatic carbocycles. The largest absolute Gasteiger partial charge is 0.465 e. The molecule has 120 valence electrons. The number of rotatable bonds is 5. The van der Waals surface area contributed by atoms with Crippen molar-refractivity contribution in [1.29, 1.82) is 0 Å². The second-order valence-electron chi connectivity index (χ2n) is 4.30. The van der Waals surface area contributed by atoms with Gasteiger partial charge in [0.2, 0.25) is 0 Å². The molecular formula is C15H12ClNO5S. The Morgan fingerprint density at radius 1 is 1.09 bits per heavy atom. The molecule has 0 fully saturated rings. The third kappa shape index (κ3) is 4.80. The van der Waals surface area contributed by atoms with Crippen LogP contribution in [0, 0.1) is 0 Å². The summed E-state index contributed by atoms with van der Waals surface area (Å²) in [6.45, 7) is -0.424. The Balaban J connectivity index is 1.85. The predicted octanol–water partition coefficient (Wildman–Crippen LogP) is 2.98. The molecule has 8 heteroatoms. The lowest BCUT2D eigenvalue weighted by molar-refractivity contribution is -0.119. The highest BCUT2D eigenvalue weighted by Gasteiger charge is 2.13. The Labute approximate surface area is 141 Å². The third-order valence-corrected chi connectivity index (χ3v) is 3.91. The lowest BCUT2D eigenvalue weighted by atomic mass is 10.2. The predicted molar refractivity (Wildman–Crippen MR) is 86.0 cm³/mol. The first-order valence-corrected chi connectivity index (χ1v) is 7.59. The van der Waals surface area contributed by atoms with Crippen LogP contribution in [0.5, 0.6) is 0 Å². The van der Waals surface area contributed by atoms with Crippen molar-refractivity contribution in [3.8, 4) is 0 Å². The quantitative estimate of drug-likeness (QED) is 0.836. The average molecular weight is 354 g/mol. The Morgan fingerprint density at radius 3 is 2.35 bits per heavy atom. The molecule has 0 atom stereocenters. The zero-order chi connectivity index (χ0) is 16.8. The molecule has 1 amide bonds. The van der Waals surface area contributed by atoms with E-state index in [1.54, 1.807) is 18.2 Å². The topological polar surface area (TPSA) is 81.7 Å². The first-order valence-electron chi connectivity index (χ1n) is 6.40. The number of esters is 2. The van der Waals surface area contributed by atoms with Crippen molar-refractivity contribution >= 4 is 46.5 Å². The van der Waals surface area contributed by atoms with Gasteiger partial charge in [-0.2, -0.15) is 0 Å². The van der Waals surface area contributed by atoms with Crippen molar-refractivity contribution in [2.24, 2.45) is 0 Å². The van der Waals surface area contributed by atoms with E-state index in [1.807, 2.05) is 0 Å². The van der Waals surface area contributed by atoms with Gasteiger partial charge in [-0.1, -0.05) is 11.6 Å². The van der Waals surface area contributed by atoms with E-state index in [4.69, 9.17) is 16.3 Å². The molecule has 0 aliphatic heterocycles. The number of anilines is 1. The zero-order valence-corrected chi connectivity index (χ0v) is 13.6. The highest BCUT2D eigenvalue weighted by atomic mass is 35.5. The van der Waals surface area contributed by atoms with Gasteiger partial charge in [0, 0.05) is 5.69 Å². The van der Waals surface area contributed by atoms with Crippen molar-refractivity contribution in [2.45, 2.75) is 0 Å². The van der Waals surface area contributed by atoms with Crippen LogP contribution in [0.15, 0.2) is 36.4 Å². The normalized spacial score (nSPS) is 10.0. The van der Waals surface area contributed by atoms with Gasteiger partial charge in [-0.25, -0.2) is 9.59 Å². The monoisotopic (exact) mass is 353 g/mol. The summed E-state index contributed by atoms with van der Waals surface area (Å²) in [6, 6.07) is 9.22. The molecule has 0 aliphatic rings. The van der Waals surface area contributed by atoms with Gasteiger partial charge in [0.25, 0.3) is 5.91 Å². The van der Waals surface area contributed by atoms with Gasteiger partial charge in [0.1, 0.15) is 4.88 Å². The Bertz CT molecular complexity index is 726. The summed E-state index contributed by atoms with van der Waals surface area (Å²) in [4.78, 5) is 35.0. The second-order valence-corrected chi connectivity index (χ2v) is 6.01. The standard InChI is InChI=1S/C15H12ClNO5S/c1-21-14(19)9-2-4-10(5-3-9)17-13(18)8-22-15(20)11-6-7-12(16)23-11/h2-7H,8H2,1H3,(H,17,18). The Hall–Kier alpha value is -2.38. The van der Waals surface area contributed by atoms with Crippen LogP contribution >= 0.6 is 22.9 Å². The van der Waals surface area contributed by atoms with Gasteiger partial charge in [0.15, 0.2) is 6.61 Å². The van der Waals surface area contributed by atoms with E-state index in [2.05, 4.69) is 10.1 Å². The van der Waals surface area contributed by atoms with E-state index in [0.717, 1.165) is 11.3 Å². The smallest absolute Gasteiger partial charge is 0.348 e. The molecule has 1 aromatic heterocycles. The van der Waals surface area contributed by atoms with E-state index in [9.17, 15) is 14.4 Å². The summed E-state index contributed by atoms with van der Waals surface area (Å²) in [5.41, 5.74) is 0.837. The van der Waals surface area contributed by atoms with Gasteiger partial charge in [-0.05, 0) is 36.4 Å². The van der Waals surface area contributed by atoms with Crippen LogP contribution in [0.2, 0.25) is 4.34 Å². The maximum atomic E-state index is 11.7. The number of ether oxygens (including phenoxy) is 2. The summed E-state index contributed by atoms with van der Waals surface area (Å²) in [5.74, 6) is -1.57. The molecule has 0 saturated heterocycles. The van der Waals surface area contributed by atoms with Crippen LogP contribution in [0.4, 0.5) is 5.69 Å². The molecule has 0 radical (unpaired) electrons. The van der Waals surface area contributed by atoms with Crippen molar-refractivity contribution in [3.63, 3.8) is 0 Å². The molecule has 0 bridgehead atoms. The number of thiophene rings is 1. The lowest BCUT2D eigenvalue weighted by Crippen LogP contribution is -2.20. The summed E-state index contributed by atoms with van der Waals surface area (Å²) < 4.78 is 9.92. The molecule has 2 aromatic rings. The van der Waals surface area contributed by atoms with E-state index in [1.165, 1.54) is 25.3 Å². The first kappa shape index (κ1) is 17.0. The molecule has 1 heterocycles. The molecule has 0 saturated carbocycles. The molecule has 2 rings (SSSR count). The number of carbonyl (C=O) groups excluding carboxylic acids is 3. The molecule has 6 nitrogen and oxygen atoms in total. The van der Waals surface area contributed by atoms with Gasteiger partial charge >= 0.3 is 11.9 Å². The second kappa shape index (κ2) is 7.75. The Morgan fingerprint density at radius 2 is 1.78 bits per heavy atom. The molecule has 1 aromatic carbocycles. The summed E-state index contributed by atoms with van der Waals surface area (Å²) in [7, 11) is 1.28. The lowest BCUT2D eigenvalue weighted by Gasteiger charge is -2.06. The van der Waals surface area contributed by atoms with Crippen LogP contribution in [-0.2, 0) is 14.3 Å². The van der Waals surface area contributed by atoms with Crippen molar-refractivity contribution in [2.75, 3.05) is 19.0 Å². The summed E-state index contributed by atoms with van der Waals surface area (Å²) in [5, 5.41) is 2.55. The molecule has 23 heavy (non-hydrogen) atoms. The number of benzene rings is 1. The van der Waals surface area contributed by atoms with Crippen molar-refractivity contribution in [1.82, 2.24) is 0 Å².